The Morgan fingerprint density at radius 2 is 2.05 bits per heavy atom. The van der Waals surface area contributed by atoms with E-state index in [1.165, 1.54) is 0 Å². The molecule has 1 aliphatic rings. The van der Waals surface area contributed by atoms with Crippen LogP contribution in [0.3, 0.4) is 0 Å². The first-order valence-electron chi connectivity index (χ1n) is 6.54. The molecule has 1 aliphatic heterocycles. The molecule has 2 unspecified atom stereocenters. The largest absolute Gasteiger partial charge is 0.387 e. The van der Waals surface area contributed by atoms with Crippen molar-refractivity contribution in [1.82, 2.24) is 10.6 Å². The highest BCUT2D eigenvalue weighted by atomic mass is 35.5. The maximum absolute atomic E-state index is 12.1. The minimum absolute atomic E-state index is 0. The van der Waals surface area contributed by atoms with Crippen molar-refractivity contribution in [3.05, 3.63) is 33.8 Å². The fourth-order valence-corrected chi connectivity index (χ4v) is 2.84. The Kier molecular flexibility index (Phi) is 6.75. The van der Waals surface area contributed by atoms with Gasteiger partial charge >= 0.3 is 0 Å². The fraction of sp³-hybridized carbons (Fsp3) is 0.500. The molecular formula is C14H19Cl3N2O2. The minimum atomic E-state index is -0.826. The van der Waals surface area contributed by atoms with Gasteiger partial charge in [-0.05, 0) is 43.7 Å². The number of nitrogens with one attached hydrogen (secondary N) is 2. The highest BCUT2D eigenvalue weighted by molar-refractivity contribution is 6.34. The monoisotopic (exact) mass is 352 g/mol. The lowest BCUT2D eigenvalue weighted by Crippen LogP contribution is -2.41. The number of halogens is 3. The number of carbonyl (C=O) groups excluding carboxylic acids is 1. The summed E-state index contributed by atoms with van der Waals surface area (Å²) in [7, 11) is 0. The molecule has 1 amide bonds. The van der Waals surface area contributed by atoms with E-state index in [1.807, 2.05) is 6.92 Å². The molecule has 1 fully saturated rings. The summed E-state index contributed by atoms with van der Waals surface area (Å²) >= 11 is 11.8. The van der Waals surface area contributed by atoms with E-state index in [-0.39, 0.29) is 24.9 Å². The first-order valence-corrected chi connectivity index (χ1v) is 7.29. The van der Waals surface area contributed by atoms with Gasteiger partial charge in [0.1, 0.15) is 0 Å². The molecule has 118 valence electrons. The molecule has 0 radical (unpaired) electrons. The standard InChI is InChI=1S/C14H18Cl2N2O2.ClH/c1-14(2-3-17-8-14)13(20)18-7-12(19)9-4-10(15)6-11(16)5-9;/h4-6,12,17,19H,2-3,7-8H2,1H3,(H,18,20);1H. The molecule has 2 atom stereocenters. The molecule has 1 saturated heterocycles. The second-order valence-corrected chi connectivity index (χ2v) is 6.29. The lowest BCUT2D eigenvalue weighted by atomic mass is 9.89. The summed E-state index contributed by atoms with van der Waals surface area (Å²) in [6.45, 7) is 3.57. The predicted molar refractivity (Wildman–Crippen MR) is 87.3 cm³/mol. The first-order chi connectivity index (χ1) is 9.40. The molecule has 1 aromatic carbocycles. The third-order valence-corrected chi connectivity index (χ3v) is 4.08. The molecule has 0 saturated carbocycles. The number of benzene rings is 1. The van der Waals surface area contributed by atoms with Crippen LogP contribution in [0.15, 0.2) is 18.2 Å². The summed E-state index contributed by atoms with van der Waals surface area (Å²) in [6, 6.07) is 4.88. The van der Waals surface area contributed by atoms with Gasteiger partial charge in [0.25, 0.3) is 0 Å². The Bertz CT molecular complexity index is 485. The highest BCUT2D eigenvalue weighted by Gasteiger charge is 2.36. The highest BCUT2D eigenvalue weighted by Crippen LogP contribution is 2.26. The Labute approximate surface area is 140 Å². The second kappa shape index (κ2) is 7.65. The molecule has 3 N–H and O–H groups in total. The van der Waals surface area contributed by atoms with Crippen LogP contribution in [0.4, 0.5) is 0 Å². The Morgan fingerprint density at radius 1 is 1.43 bits per heavy atom. The maximum atomic E-state index is 12.1. The SMILES string of the molecule is CC1(C(=O)NCC(O)c2cc(Cl)cc(Cl)c2)CCNC1.Cl. The number of amides is 1. The van der Waals surface area contributed by atoms with Crippen molar-refractivity contribution >= 4 is 41.5 Å². The van der Waals surface area contributed by atoms with Crippen molar-refractivity contribution in [2.75, 3.05) is 19.6 Å². The second-order valence-electron chi connectivity index (χ2n) is 5.42. The van der Waals surface area contributed by atoms with Crippen LogP contribution in [-0.2, 0) is 4.79 Å². The quantitative estimate of drug-likeness (QED) is 0.779. The molecule has 0 aromatic heterocycles. The van der Waals surface area contributed by atoms with Crippen LogP contribution >= 0.6 is 35.6 Å². The molecule has 7 heteroatoms. The van der Waals surface area contributed by atoms with Crippen LogP contribution in [-0.4, -0.2) is 30.6 Å². The third kappa shape index (κ3) is 4.73. The number of carbonyl (C=O) groups is 1. The number of aliphatic hydroxyl groups is 1. The molecule has 2 rings (SSSR count). The Morgan fingerprint density at radius 3 is 2.57 bits per heavy atom. The zero-order chi connectivity index (χ0) is 14.8. The van der Waals surface area contributed by atoms with E-state index < -0.39 is 11.5 Å². The smallest absolute Gasteiger partial charge is 0.227 e. The van der Waals surface area contributed by atoms with Crippen LogP contribution in [0.25, 0.3) is 0 Å². The predicted octanol–water partition coefficient (Wildman–Crippen LogP) is 2.56. The fourth-order valence-electron chi connectivity index (χ4n) is 2.30. The molecule has 1 heterocycles. The summed E-state index contributed by atoms with van der Waals surface area (Å²) in [5.41, 5.74) is 0.198. The van der Waals surface area contributed by atoms with Gasteiger partial charge < -0.3 is 15.7 Å². The summed E-state index contributed by atoms with van der Waals surface area (Å²) in [4.78, 5) is 12.1. The van der Waals surface area contributed by atoms with Gasteiger partial charge in [-0.15, -0.1) is 12.4 Å². The number of rotatable bonds is 4. The molecule has 0 spiro atoms. The summed E-state index contributed by atoms with van der Waals surface area (Å²) in [5, 5.41) is 17.0. The van der Waals surface area contributed by atoms with Crippen LogP contribution in [0.5, 0.6) is 0 Å². The van der Waals surface area contributed by atoms with Crippen molar-refractivity contribution in [2.45, 2.75) is 19.4 Å². The van der Waals surface area contributed by atoms with E-state index in [1.54, 1.807) is 18.2 Å². The summed E-state index contributed by atoms with van der Waals surface area (Å²) in [6.07, 6.45) is -0.0223. The molecule has 1 aromatic rings. The van der Waals surface area contributed by atoms with Crippen LogP contribution in [0.1, 0.15) is 25.0 Å². The molecule has 0 aliphatic carbocycles. The number of hydrogen-bond acceptors (Lipinski definition) is 3. The van der Waals surface area contributed by atoms with Crippen molar-refractivity contribution in [3.63, 3.8) is 0 Å². The van der Waals surface area contributed by atoms with Gasteiger partial charge in [-0.1, -0.05) is 23.2 Å². The Hall–Kier alpha value is -0.520. The van der Waals surface area contributed by atoms with Crippen molar-refractivity contribution < 1.29 is 9.90 Å². The number of hydrogen-bond donors (Lipinski definition) is 3. The van der Waals surface area contributed by atoms with E-state index in [0.29, 0.717) is 22.2 Å². The average molecular weight is 354 g/mol. The van der Waals surface area contributed by atoms with Crippen molar-refractivity contribution in [3.8, 4) is 0 Å². The first kappa shape index (κ1) is 18.5. The van der Waals surface area contributed by atoms with Gasteiger partial charge in [0, 0.05) is 23.1 Å². The van der Waals surface area contributed by atoms with Gasteiger partial charge in [-0.3, -0.25) is 4.79 Å². The van der Waals surface area contributed by atoms with E-state index >= 15 is 0 Å². The lowest BCUT2D eigenvalue weighted by Gasteiger charge is -2.22. The zero-order valence-corrected chi connectivity index (χ0v) is 14.0. The summed E-state index contributed by atoms with van der Waals surface area (Å²) < 4.78 is 0. The molecule has 4 nitrogen and oxygen atoms in total. The number of aliphatic hydroxyl groups excluding tert-OH is 1. The Balaban J connectivity index is 0.00000220. The van der Waals surface area contributed by atoms with E-state index in [9.17, 15) is 9.90 Å². The molecule has 21 heavy (non-hydrogen) atoms. The normalized spacial score (nSPS) is 22.5. The van der Waals surface area contributed by atoms with Crippen molar-refractivity contribution in [1.29, 1.82) is 0 Å². The van der Waals surface area contributed by atoms with Gasteiger partial charge in [0.05, 0.1) is 11.5 Å². The average Bonchev–Trinajstić information content (AvgIpc) is 2.82. The zero-order valence-electron chi connectivity index (χ0n) is 11.7. The van der Waals surface area contributed by atoms with Crippen LogP contribution in [0, 0.1) is 5.41 Å². The maximum Gasteiger partial charge on any atom is 0.227 e. The summed E-state index contributed by atoms with van der Waals surface area (Å²) in [5.74, 6) is -0.0466. The van der Waals surface area contributed by atoms with E-state index in [4.69, 9.17) is 23.2 Å². The molecule has 0 bridgehead atoms. The van der Waals surface area contributed by atoms with Crippen LogP contribution in [0.2, 0.25) is 10.0 Å². The van der Waals surface area contributed by atoms with Gasteiger partial charge in [-0.2, -0.15) is 0 Å². The van der Waals surface area contributed by atoms with E-state index in [2.05, 4.69) is 10.6 Å². The van der Waals surface area contributed by atoms with Crippen molar-refractivity contribution in [2.24, 2.45) is 5.41 Å². The minimum Gasteiger partial charge on any atom is -0.387 e. The van der Waals surface area contributed by atoms with Crippen LogP contribution < -0.4 is 10.6 Å². The van der Waals surface area contributed by atoms with Gasteiger partial charge in [-0.25, -0.2) is 0 Å². The van der Waals surface area contributed by atoms with Gasteiger partial charge in [0.2, 0.25) is 5.91 Å². The van der Waals surface area contributed by atoms with E-state index in [0.717, 1.165) is 13.0 Å². The third-order valence-electron chi connectivity index (χ3n) is 3.64. The topological polar surface area (TPSA) is 61.4 Å². The lowest BCUT2D eigenvalue weighted by molar-refractivity contribution is -0.129. The molecular weight excluding hydrogens is 335 g/mol. The van der Waals surface area contributed by atoms with Gasteiger partial charge in [0.15, 0.2) is 0 Å².